The quantitative estimate of drug-likeness (QED) is 0.673. The van der Waals surface area contributed by atoms with Gasteiger partial charge in [0.15, 0.2) is 0 Å². The number of rotatable bonds is 1. The van der Waals surface area contributed by atoms with Crippen LogP contribution in [-0.4, -0.2) is 10.2 Å². The maximum Gasteiger partial charge on any atom is 0.0944 e. The normalized spacial score (nSPS) is 17.1. The number of nitrogen functional groups attached to an aromatic ring is 1. The van der Waals surface area contributed by atoms with Crippen LogP contribution in [0.25, 0.3) is 10.9 Å². The van der Waals surface area contributed by atoms with E-state index in [-0.39, 0.29) is 0 Å². The number of H-pyrrole nitrogens is 1. The topological polar surface area (TPSA) is 54.7 Å². The van der Waals surface area contributed by atoms with Crippen molar-refractivity contribution in [1.82, 2.24) is 10.2 Å². The molecule has 0 spiro atoms. The first kappa shape index (κ1) is 7.85. The summed E-state index contributed by atoms with van der Waals surface area (Å²) >= 11 is 0. The molecule has 1 aliphatic rings. The van der Waals surface area contributed by atoms with Gasteiger partial charge in [0, 0.05) is 22.7 Å². The van der Waals surface area contributed by atoms with E-state index in [0.29, 0.717) is 5.92 Å². The van der Waals surface area contributed by atoms with Crippen LogP contribution >= 0.6 is 0 Å². The fourth-order valence-electron chi connectivity index (χ4n) is 2.06. The van der Waals surface area contributed by atoms with Crippen LogP contribution in [0.4, 0.5) is 5.69 Å². The van der Waals surface area contributed by atoms with Gasteiger partial charge in [0.1, 0.15) is 0 Å². The van der Waals surface area contributed by atoms with E-state index >= 15 is 0 Å². The summed E-state index contributed by atoms with van der Waals surface area (Å²) in [4.78, 5) is 0. The van der Waals surface area contributed by atoms with Gasteiger partial charge in [-0.05, 0) is 31.0 Å². The molecule has 3 rings (SSSR count). The lowest BCUT2D eigenvalue weighted by Crippen LogP contribution is -2.09. The molecule has 0 aliphatic heterocycles. The Balaban J connectivity index is 2.16. The van der Waals surface area contributed by atoms with Gasteiger partial charge in [0.05, 0.1) is 5.52 Å². The Kier molecular flexibility index (Phi) is 1.54. The van der Waals surface area contributed by atoms with Gasteiger partial charge in [-0.2, -0.15) is 5.10 Å². The third-order valence-corrected chi connectivity index (χ3v) is 3.12. The molecule has 0 bridgehead atoms. The van der Waals surface area contributed by atoms with Gasteiger partial charge in [-0.1, -0.05) is 6.42 Å². The molecule has 72 valence electrons. The van der Waals surface area contributed by atoms with Crippen molar-refractivity contribution in [3.8, 4) is 0 Å². The molecule has 0 unspecified atom stereocenters. The average Bonchev–Trinajstić information content (AvgIpc) is 2.45. The highest BCUT2D eigenvalue weighted by Gasteiger charge is 2.23. The summed E-state index contributed by atoms with van der Waals surface area (Å²) in [6.45, 7) is 0. The number of anilines is 1. The van der Waals surface area contributed by atoms with Crippen LogP contribution in [0.5, 0.6) is 0 Å². The molecule has 0 saturated heterocycles. The third kappa shape index (κ3) is 1.02. The molecule has 1 aromatic carbocycles. The smallest absolute Gasteiger partial charge is 0.0944 e. The highest BCUT2D eigenvalue weighted by Crippen LogP contribution is 2.38. The van der Waals surface area contributed by atoms with Gasteiger partial charge >= 0.3 is 0 Å². The molecule has 0 amide bonds. The lowest BCUT2D eigenvalue weighted by atomic mass is 9.82. The van der Waals surface area contributed by atoms with Gasteiger partial charge in [-0.15, -0.1) is 0 Å². The molecule has 14 heavy (non-hydrogen) atoms. The Morgan fingerprint density at radius 3 is 2.93 bits per heavy atom. The number of nitrogens with zero attached hydrogens (tertiary/aromatic N) is 1. The van der Waals surface area contributed by atoms with Crippen molar-refractivity contribution < 1.29 is 0 Å². The van der Waals surface area contributed by atoms with Crippen LogP contribution in [0.2, 0.25) is 0 Å². The fourth-order valence-corrected chi connectivity index (χ4v) is 2.06. The number of aromatic amines is 1. The predicted octanol–water partition coefficient (Wildman–Crippen LogP) is 2.41. The van der Waals surface area contributed by atoms with Crippen molar-refractivity contribution in [2.45, 2.75) is 25.2 Å². The number of nitrogens with one attached hydrogen (secondary N) is 1. The molecular weight excluding hydrogens is 174 g/mol. The standard InChI is InChI=1S/C11H13N3/c12-8-4-5-9-10(6-8)13-14-11(9)7-2-1-3-7/h4-7H,1-3,12H2,(H,13,14). The summed E-state index contributed by atoms with van der Waals surface area (Å²) in [5.74, 6) is 0.698. The Labute approximate surface area is 82.3 Å². The number of benzene rings is 1. The molecule has 3 nitrogen and oxygen atoms in total. The molecule has 1 aromatic heterocycles. The van der Waals surface area contributed by atoms with Crippen molar-refractivity contribution in [1.29, 1.82) is 0 Å². The number of aromatic nitrogens is 2. The number of hydrogen-bond donors (Lipinski definition) is 2. The van der Waals surface area contributed by atoms with Gasteiger partial charge < -0.3 is 5.73 Å². The summed E-state index contributed by atoms with van der Waals surface area (Å²) in [6.07, 6.45) is 3.93. The fraction of sp³-hybridized carbons (Fsp3) is 0.364. The van der Waals surface area contributed by atoms with Crippen LogP contribution in [0, 0.1) is 0 Å². The molecule has 1 aliphatic carbocycles. The molecule has 0 atom stereocenters. The van der Waals surface area contributed by atoms with E-state index in [4.69, 9.17) is 5.73 Å². The summed E-state index contributed by atoms with van der Waals surface area (Å²) in [5.41, 5.74) is 8.77. The van der Waals surface area contributed by atoms with Gasteiger partial charge in [0.2, 0.25) is 0 Å². The van der Waals surface area contributed by atoms with E-state index < -0.39 is 0 Å². The second kappa shape index (κ2) is 2.74. The van der Waals surface area contributed by atoms with E-state index in [1.165, 1.54) is 30.3 Å². The first-order valence-corrected chi connectivity index (χ1v) is 5.08. The molecule has 3 heteroatoms. The molecule has 1 heterocycles. The summed E-state index contributed by atoms with van der Waals surface area (Å²) in [6, 6.07) is 5.94. The predicted molar refractivity (Wildman–Crippen MR) is 57.1 cm³/mol. The molecule has 3 N–H and O–H groups in total. The van der Waals surface area contributed by atoms with Crippen LogP contribution in [-0.2, 0) is 0 Å². The van der Waals surface area contributed by atoms with Crippen molar-refractivity contribution in [3.63, 3.8) is 0 Å². The average molecular weight is 187 g/mol. The van der Waals surface area contributed by atoms with Crippen molar-refractivity contribution in [3.05, 3.63) is 23.9 Å². The van der Waals surface area contributed by atoms with Crippen LogP contribution in [0.3, 0.4) is 0 Å². The van der Waals surface area contributed by atoms with Gasteiger partial charge in [0.25, 0.3) is 0 Å². The second-order valence-corrected chi connectivity index (χ2v) is 4.04. The minimum atomic E-state index is 0.698. The van der Waals surface area contributed by atoms with Crippen LogP contribution < -0.4 is 5.73 Å². The molecule has 2 aromatic rings. The van der Waals surface area contributed by atoms with E-state index in [0.717, 1.165) is 11.2 Å². The summed E-state index contributed by atoms with van der Waals surface area (Å²) in [5, 5.41) is 8.65. The number of fused-ring (bicyclic) bond motifs is 1. The molecule has 1 saturated carbocycles. The Morgan fingerprint density at radius 2 is 2.21 bits per heavy atom. The molecule has 1 fully saturated rings. The second-order valence-electron chi connectivity index (χ2n) is 4.04. The lowest BCUT2D eigenvalue weighted by Gasteiger charge is -2.24. The van der Waals surface area contributed by atoms with Crippen molar-refractivity contribution in [2.75, 3.05) is 5.73 Å². The highest BCUT2D eigenvalue weighted by atomic mass is 15.1. The minimum absolute atomic E-state index is 0.698. The van der Waals surface area contributed by atoms with Crippen LogP contribution in [0.1, 0.15) is 30.9 Å². The summed E-state index contributed by atoms with van der Waals surface area (Å²) < 4.78 is 0. The number of nitrogens with two attached hydrogens (primary N) is 1. The minimum Gasteiger partial charge on any atom is -0.399 e. The SMILES string of the molecule is Nc1ccc2c(C3CCC3)[nH]nc2c1. The maximum atomic E-state index is 5.70. The molecule has 0 radical (unpaired) electrons. The largest absolute Gasteiger partial charge is 0.399 e. The summed E-state index contributed by atoms with van der Waals surface area (Å²) in [7, 11) is 0. The number of hydrogen-bond acceptors (Lipinski definition) is 2. The zero-order valence-corrected chi connectivity index (χ0v) is 7.96. The van der Waals surface area contributed by atoms with E-state index in [1.807, 2.05) is 12.1 Å². The Hall–Kier alpha value is -1.51. The van der Waals surface area contributed by atoms with Gasteiger partial charge in [-0.25, -0.2) is 0 Å². The lowest BCUT2D eigenvalue weighted by molar-refractivity contribution is 0.413. The highest BCUT2D eigenvalue weighted by molar-refractivity contribution is 5.84. The maximum absolute atomic E-state index is 5.70. The Morgan fingerprint density at radius 1 is 1.36 bits per heavy atom. The van der Waals surface area contributed by atoms with Crippen molar-refractivity contribution >= 4 is 16.6 Å². The Bertz CT molecular complexity index is 468. The first-order valence-electron chi connectivity index (χ1n) is 5.08. The zero-order chi connectivity index (χ0) is 9.54. The van der Waals surface area contributed by atoms with E-state index in [2.05, 4.69) is 16.3 Å². The zero-order valence-electron chi connectivity index (χ0n) is 7.96. The monoisotopic (exact) mass is 187 g/mol. The van der Waals surface area contributed by atoms with Crippen LogP contribution in [0.15, 0.2) is 18.2 Å². The van der Waals surface area contributed by atoms with E-state index in [9.17, 15) is 0 Å². The third-order valence-electron chi connectivity index (χ3n) is 3.12. The molecular formula is C11H13N3. The van der Waals surface area contributed by atoms with Crippen molar-refractivity contribution in [2.24, 2.45) is 0 Å². The van der Waals surface area contributed by atoms with Gasteiger partial charge in [-0.3, -0.25) is 5.10 Å². The first-order chi connectivity index (χ1) is 6.84. The van der Waals surface area contributed by atoms with E-state index in [1.54, 1.807) is 0 Å².